The molecule has 2 heterocycles. The number of amides is 2. The maximum Gasteiger partial charge on any atom is 0.449 e. The van der Waals surface area contributed by atoms with Gasteiger partial charge in [-0.15, -0.1) is 0 Å². The summed E-state index contributed by atoms with van der Waals surface area (Å²) >= 11 is 0. The molecule has 1 aliphatic rings. The molecule has 142 valence electrons. The predicted octanol–water partition coefficient (Wildman–Crippen LogP) is 3.89. The summed E-state index contributed by atoms with van der Waals surface area (Å²) in [4.78, 5) is 17.6. The van der Waals surface area contributed by atoms with Crippen LogP contribution in [0.15, 0.2) is 24.3 Å². The zero-order chi connectivity index (χ0) is 18.9. The van der Waals surface area contributed by atoms with Gasteiger partial charge in [-0.1, -0.05) is 12.1 Å². The molecule has 26 heavy (non-hydrogen) atoms. The predicted molar refractivity (Wildman–Crippen MR) is 92.7 cm³/mol. The number of imidazole rings is 1. The number of carbonyl (C=O) groups excluding carboxylic acids is 1. The van der Waals surface area contributed by atoms with Gasteiger partial charge in [0.05, 0.1) is 11.0 Å². The number of halogens is 3. The fourth-order valence-corrected chi connectivity index (χ4v) is 3.39. The van der Waals surface area contributed by atoms with Crippen molar-refractivity contribution < 1.29 is 18.0 Å². The molecular weight excluding hydrogens is 345 g/mol. The number of nitrogens with zero attached hydrogens (tertiary/aromatic N) is 3. The Bertz CT molecular complexity index is 776. The maximum atomic E-state index is 13.4. The molecule has 2 aromatic rings. The quantitative estimate of drug-likeness (QED) is 0.894. The third-order valence-electron chi connectivity index (χ3n) is 4.66. The second kappa shape index (κ2) is 7.17. The Morgan fingerprint density at radius 1 is 1.27 bits per heavy atom. The second-order valence-corrected chi connectivity index (χ2v) is 7.07. The van der Waals surface area contributed by atoms with E-state index in [0.29, 0.717) is 37.0 Å². The zero-order valence-corrected chi connectivity index (χ0v) is 14.9. The number of likely N-dealkylation sites (tertiary alicyclic amines) is 1. The molecule has 1 aromatic carbocycles. The van der Waals surface area contributed by atoms with Crippen LogP contribution in [0, 0.1) is 5.92 Å². The van der Waals surface area contributed by atoms with Gasteiger partial charge in [0.15, 0.2) is 0 Å². The summed E-state index contributed by atoms with van der Waals surface area (Å²) in [6.45, 7) is 5.16. The molecule has 0 radical (unpaired) electrons. The Morgan fingerprint density at radius 2 is 1.92 bits per heavy atom. The molecular formula is C18H23F3N4O. The molecule has 5 nitrogen and oxygen atoms in total. The fourth-order valence-electron chi connectivity index (χ4n) is 3.39. The van der Waals surface area contributed by atoms with Crippen molar-refractivity contribution >= 4 is 17.1 Å². The van der Waals surface area contributed by atoms with Crippen LogP contribution in [0.5, 0.6) is 0 Å². The molecule has 0 bridgehead atoms. The van der Waals surface area contributed by atoms with Crippen LogP contribution in [0.2, 0.25) is 0 Å². The molecule has 0 aliphatic carbocycles. The average Bonchev–Trinajstić information content (AvgIpc) is 2.94. The molecule has 0 saturated carbocycles. The van der Waals surface area contributed by atoms with Crippen molar-refractivity contribution in [2.24, 2.45) is 5.92 Å². The number of carbonyl (C=O) groups is 1. The summed E-state index contributed by atoms with van der Waals surface area (Å²) < 4.78 is 41.4. The lowest BCUT2D eigenvalue weighted by molar-refractivity contribution is -0.147. The lowest BCUT2D eigenvalue weighted by Gasteiger charge is -2.33. The monoisotopic (exact) mass is 368 g/mol. The van der Waals surface area contributed by atoms with E-state index in [1.165, 1.54) is 4.57 Å². The highest BCUT2D eigenvalue weighted by atomic mass is 19.4. The summed E-state index contributed by atoms with van der Waals surface area (Å²) in [6, 6.07) is 6.63. The number of urea groups is 1. The van der Waals surface area contributed by atoms with Gasteiger partial charge in [-0.05, 0) is 44.7 Å². The molecule has 0 spiro atoms. The van der Waals surface area contributed by atoms with Crippen LogP contribution in [-0.4, -0.2) is 39.6 Å². The largest absolute Gasteiger partial charge is 0.449 e. The number of benzene rings is 1. The smallest absolute Gasteiger partial charge is 0.336 e. The molecule has 8 heteroatoms. The minimum Gasteiger partial charge on any atom is -0.336 e. The van der Waals surface area contributed by atoms with Gasteiger partial charge in [-0.25, -0.2) is 9.78 Å². The lowest BCUT2D eigenvalue weighted by atomic mass is 9.96. The van der Waals surface area contributed by atoms with Crippen molar-refractivity contribution in [3.05, 3.63) is 30.1 Å². The maximum absolute atomic E-state index is 13.4. The van der Waals surface area contributed by atoms with Gasteiger partial charge in [0, 0.05) is 25.7 Å². The second-order valence-electron chi connectivity index (χ2n) is 7.07. The van der Waals surface area contributed by atoms with Gasteiger partial charge in [0.2, 0.25) is 5.82 Å². The van der Waals surface area contributed by atoms with Crippen molar-refractivity contribution in [2.45, 2.75) is 45.5 Å². The molecule has 1 N–H and O–H groups in total. The van der Waals surface area contributed by atoms with Crippen molar-refractivity contribution in [2.75, 3.05) is 13.1 Å². The highest BCUT2D eigenvalue weighted by Crippen LogP contribution is 2.33. The van der Waals surface area contributed by atoms with Gasteiger partial charge in [0.1, 0.15) is 0 Å². The number of hydrogen-bond acceptors (Lipinski definition) is 2. The van der Waals surface area contributed by atoms with E-state index in [4.69, 9.17) is 0 Å². The molecule has 1 fully saturated rings. The van der Waals surface area contributed by atoms with Gasteiger partial charge in [0.25, 0.3) is 0 Å². The highest BCUT2D eigenvalue weighted by molar-refractivity contribution is 5.76. The van der Waals surface area contributed by atoms with Crippen LogP contribution < -0.4 is 5.32 Å². The van der Waals surface area contributed by atoms with Crippen LogP contribution >= 0.6 is 0 Å². The number of aromatic nitrogens is 2. The molecule has 1 saturated heterocycles. The summed E-state index contributed by atoms with van der Waals surface area (Å²) in [7, 11) is 0. The topological polar surface area (TPSA) is 50.2 Å². The van der Waals surface area contributed by atoms with E-state index in [2.05, 4.69) is 10.3 Å². The van der Waals surface area contributed by atoms with Crippen LogP contribution in [0.4, 0.5) is 18.0 Å². The minimum atomic E-state index is -4.49. The third kappa shape index (κ3) is 3.94. The van der Waals surface area contributed by atoms with Crippen molar-refractivity contribution in [3.8, 4) is 0 Å². The van der Waals surface area contributed by atoms with Crippen molar-refractivity contribution in [1.29, 1.82) is 0 Å². The first-order valence-corrected chi connectivity index (χ1v) is 8.83. The lowest BCUT2D eigenvalue weighted by Crippen LogP contribution is -2.46. The molecule has 3 rings (SSSR count). The number of rotatable bonds is 3. The number of fused-ring (bicyclic) bond motifs is 1. The molecule has 1 aliphatic heterocycles. The molecule has 2 amide bonds. The molecule has 0 unspecified atom stereocenters. The zero-order valence-electron chi connectivity index (χ0n) is 14.9. The minimum absolute atomic E-state index is 0.0619. The van der Waals surface area contributed by atoms with E-state index >= 15 is 0 Å². The van der Waals surface area contributed by atoms with E-state index in [1.807, 2.05) is 13.8 Å². The first-order valence-electron chi connectivity index (χ1n) is 8.83. The normalized spacial score (nSPS) is 16.5. The van der Waals surface area contributed by atoms with Gasteiger partial charge < -0.3 is 14.8 Å². The Labute approximate surface area is 150 Å². The first kappa shape index (κ1) is 18.5. The van der Waals surface area contributed by atoms with Crippen molar-refractivity contribution in [3.63, 3.8) is 0 Å². The summed E-state index contributed by atoms with van der Waals surface area (Å²) in [5, 5.41) is 2.85. The van der Waals surface area contributed by atoms with Gasteiger partial charge >= 0.3 is 12.2 Å². The number of para-hydroxylation sites is 2. The Kier molecular flexibility index (Phi) is 5.11. The van der Waals surface area contributed by atoms with E-state index in [0.717, 1.165) is 0 Å². The SMILES string of the molecule is CC(C)NC(=O)N1CCC(Cn2c(C(F)(F)F)nc3ccccc32)CC1. The summed E-state index contributed by atoms with van der Waals surface area (Å²) in [5.74, 6) is -0.768. The number of nitrogens with one attached hydrogen (secondary N) is 1. The van der Waals surface area contributed by atoms with Gasteiger partial charge in [-0.3, -0.25) is 0 Å². The standard InChI is InChI=1S/C18H23F3N4O/c1-12(2)22-17(26)24-9-7-13(8-10-24)11-25-15-6-4-3-5-14(15)23-16(25)18(19,20)21/h3-6,12-13H,7-11H2,1-2H3,(H,22,26). The van der Waals surface area contributed by atoms with Crippen LogP contribution in [0.25, 0.3) is 11.0 Å². The fraction of sp³-hybridized carbons (Fsp3) is 0.556. The van der Waals surface area contributed by atoms with Crippen LogP contribution in [-0.2, 0) is 12.7 Å². The van der Waals surface area contributed by atoms with E-state index in [-0.39, 0.29) is 24.5 Å². The Morgan fingerprint density at radius 3 is 2.54 bits per heavy atom. The van der Waals surface area contributed by atoms with E-state index in [9.17, 15) is 18.0 Å². The van der Waals surface area contributed by atoms with E-state index in [1.54, 1.807) is 29.2 Å². The van der Waals surface area contributed by atoms with E-state index < -0.39 is 12.0 Å². The van der Waals surface area contributed by atoms with Gasteiger partial charge in [-0.2, -0.15) is 13.2 Å². The first-order chi connectivity index (χ1) is 12.3. The third-order valence-corrected chi connectivity index (χ3v) is 4.66. The molecule has 1 aromatic heterocycles. The summed E-state index contributed by atoms with van der Waals surface area (Å²) in [5.41, 5.74) is 0.855. The Hall–Kier alpha value is -2.25. The van der Waals surface area contributed by atoms with Crippen LogP contribution in [0.3, 0.4) is 0 Å². The number of hydrogen-bond donors (Lipinski definition) is 1. The number of piperidine rings is 1. The summed E-state index contributed by atoms with van der Waals surface area (Å²) in [6.07, 6.45) is -3.14. The van der Waals surface area contributed by atoms with Crippen molar-refractivity contribution in [1.82, 2.24) is 19.8 Å². The average molecular weight is 368 g/mol. The Balaban J connectivity index is 1.73. The van der Waals surface area contributed by atoms with Crippen LogP contribution in [0.1, 0.15) is 32.5 Å². The number of alkyl halides is 3. The highest BCUT2D eigenvalue weighted by Gasteiger charge is 2.38. The molecule has 0 atom stereocenters.